The van der Waals surface area contributed by atoms with Gasteiger partial charge in [-0.25, -0.2) is 0 Å². The Bertz CT molecular complexity index is 3750. The Morgan fingerprint density at radius 2 is 0.432 bits per heavy atom. The van der Waals surface area contributed by atoms with E-state index in [9.17, 15) is 57.5 Å². The minimum atomic E-state index is -1.00. The molecule has 0 saturated heterocycles. The summed E-state index contributed by atoms with van der Waals surface area (Å²) in [6.07, 6.45) is 4.70. The first kappa shape index (κ1) is 43.1. The topological polar surface area (TPSA) is 228 Å². The molecule has 3 saturated carbocycles. The van der Waals surface area contributed by atoms with Gasteiger partial charge in [0.1, 0.15) is 0 Å². The standard InChI is InChI=1S/C56H40N6O12/c63-45-23-13-17-27-43-28-18-14-24(41(23)43)46(64)57(45)35-7-1-2-8-36(35)58-47(65)25-15-19-29-44-30(20-16-26(42(25)44)48(58)66)52(70)60(51(29)69)38-10-4-6-12-40(38)62-55(73)33-21-31-32(22-34(33)56(62)74)54(72)61(53(31)71)39-11-5-3-9-37(39)59(49(27)67)50(28)68/h13-22,35-40H,1-12H2/t35-,36?,37-,38-,39-,40?/m0/s1. The van der Waals surface area contributed by atoms with Crippen LogP contribution >= 0.6 is 0 Å². The average Bonchev–Trinajstić information content (AvgIpc) is 3.89. The van der Waals surface area contributed by atoms with Crippen molar-refractivity contribution < 1.29 is 38.4 Å². The van der Waals surface area contributed by atoms with E-state index in [0.717, 1.165) is 28.7 Å². The van der Waals surface area contributed by atoms with Crippen molar-refractivity contribution in [3.63, 3.8) is 0 Å². The van der Waals surface area contributed by atoms with Crippen LogP contribution in [0, 0.1) is 0 Å². The molecule has 74 heavy (non-hydrogen) atoms. The van der Waals surface area contributed by atoms with E-state index in [1.54, 1.807) is 0 Å². The molecule has 18 nitrogen and oxygen atoms in total. The molecule has 8 amide bonds. The van der Waals surface area contributed by atoms with Crippen LogP contribution < -0.4 is 22.2 Å². The van der Waals surface area contributed by atoms with Gasteiger partial charge in [-0.05, 0) is 99.2 Å². The van der Waals surface area contributed by atoms with Gasteiger partial charge in [0.2, 0.25) is 0 Å². The third-order valence-electron chi connectivity index (χ3n) is 17.9. The fourth-order valence-electron chi connectivity index (χ4n) is 14.7. The van der Waals surface area contributed by atoms with Crippen LogP contribution in [0.15, 0.2) is 79.8 Å². The molecule has 20 aliphatic heterocycles. The molecule has 0 N–H and O–H groups in total. The lowest BCUT2D eigenvalue weighted by molar-refractivity contribution is 0.0241. The van der Waals surface area contributed by atoms with Crippen molar-refractivity contribution in [2.75, 3.05) is 0 Å². The van der Waals surface area contributed by atoms with Crippen LogP contribution in [0.2, 0.25) is 0 Å². The van der Waals surface area contributed by atoms with Crippen LogP contribution in [0.4, 0.5) is 0 Å². The Kier molecular flexibility index (Phi) is 8.48. The van der Waals surface area contributed by atoms with Crippen LogP contribution in [-0.2, 0) is 0 Å². The molecule has 0 radical (unpaired) electrons. The summed E-state index contributed by atoms with van der Waals surface area (Å²) in [5.41, 5.74) is -2.73. The zero-order valence-electron chi connectivity index (χ0n) is 39.3. The summed E-state index contributed by atoms with van der Waals surface area (Å²) in [5.74, 6) is -5.87. The number of imide groups is 4. The average molecular weight is 989 g/mol. The molecule has 6 atom stereocenters. The van der Waals surface area contributed by atoms with Gasteiger partial charge >= 0.3 is 0 Å². The highest BCUT2D eigenvalue weighted by Crippen LogP contribution is 2.46. The van der Waals surface area contributed by atoms with Crippen molar-refractivity contribution in [3.8, 4) is 0 Å². The van der Waals surface area contributed by atoms with Gasteiger partial charge in [0.05, 0.1) is 57.8 Å². The molecule has 30 rings (SSSR count). The summed E-state index contributed by atoms with van der Waals surface area (Å²) >= 11 is 0. The monoisotopic (exact) mass is 988 g/mol. The van der Waals surface area contributed by atoms with E-state index in [2.05, 4.69) is 0 Å². The lowest BCUT2D eigenvalue weighted by Crippen LogP contribution is -2.61. The minimum absolute atomic E-state index is 0.0396. The molecule has 3 fully saturated rings. The normalized spacial score (nSPS) is 25.2. The molecule has 3 aliphatic carbocycles. The summed E-state index contributed by atoms with van der Waals surface area (Å²) in [6.45, 7) is 0. The largest absolute Gasteiger partial charge is 0.269 e. The van der Waals surface area contributed by atoms with Crippen LogP contribution in [0.25, 0.3) is 43.1 Å². The predicted octanol–water partition coefficient (Wildman–Crippen LogP) is 5.30. The number of hydrogen-bond donors (Lipinski definition) is 0. The van der Waals surface area contributed by atoms with E-state index in [1.165, 1.54) is 60.7 Å². The lowest BCUT2D eigenvalue weighted by atomic mass is 9.80. The Morgan fingerprint density at radius 1 is 0.257 bits per heavy atom. The highest BCUT2D eigenvalue weighted by Gasteiger charge is 2.52. The van der Waals surface area contributed by atoms with Gasteiger partial charge in [0, 0.05) is 66.1 Å². The smallest absolute Gasteiger partial charge is 0.261 e. The van der Waals surface area contributed by atoms with E-state index in [0.29, 0.717) is 38.5 Å². The van der Waals surface area contributed by atoms with Crippen molar-refractivity contribution in [1.29, 1.82) is 0 Å². The fourth-order valence-corrected chi connectivity index (χ4v) is 14.7. The minimum Gasteiger partial charge on any atom is -0.269 e. The summed E-state index contributed by atoms with van der Waals surface area (Å²) in [4.78, 5) is 183. The van der Waals surface area contributed by atoms with E-state index in [4.69, 9.17) is 0 Å². The molecular formula is C56H40N6O12. The van der Waals surface area contributed by atoms with Crippen molar-refractivity contribution in [3.05, 3.63) is 147 Å². The number of rotatable bonds is 0. The molecule has 7 aromatic rings. The molecule has 22 heterocycles. The maximum atomic E-state index is 15.0. The van der Waals surface area contributed by atoms with Gasteiger partial charge < -0.3 is 0 Å². The van der Waals surface area contributed by atoms with Crippen LogP contribution in [0.5, 0.6) is 0 Å². The van der Waals surface area contributed by atoms with E-state index < -0.39 is 106 Å². The first-order chi connectivity index (χ1) is 35.8. The highest BCUT2D eigenvalue weighted by atomic mass is 16.2. The number of benzene rings is 5. The Hall–Kier alpha value is -8.54. The maximum absolute atomic E-state index is 15.0. The van der Waals surface area contributed by atoms with E-state index in [1.807, 2.05) is 0 Å². The molecule has 2 aromatic heterocycles. The molecule has 366 valence electrons. The van der Waals surface area contributed by atoms with Crippen molar-refractivity contribution >= 4 is 90.3 Å². The first-order valence-corrected chi connectivity index (χ1v) is 25.4. The fraction of sp³-hybridized carbons (Fsp3) is 0.321. The highest BCUT2D eigenvalue weighted by molar-refractivity contribution is 6.35. The van der Waals surface area contributed by atoms with Gasteiger partial charge in [-0.2, -0.15) is 0 Å². The quantitative estimate of drug-likeness (QED) is 0.177. The van der Waals surface area contributed by atoms with Gasteiger partial charge in [-0.15, -0.1) is 0 Å². The van der Waals surface area contributed by atoms with Crippen molar-refractivity contribution in [2.24, 2.45) is 0 Å². The molecule has 22 bridgehead atoms. The second-order valence-electron chi connectivity index (χ2n) is 21.2. The predicted molar refractivity (Wildman–Crippen MR) is 263 cm³/mol. The molecule has 5 aromatic carbocycles. The number of carbonyl (C=O) groups excluding carboxylic acids is 8. The second-order valence-corrected chi connectivity index (χ2v) is 21.2. The number of amides is 8. The zero-order valence-corrected chi connectivity index (χ0v) is 39.3. The molecular weight excluding hydrogens is 949 g/mol. The summed E-state index contributed by atoms with van der Waals surface area (Å²) in [6, 6.07) is 7.97. The summed E-state index contributed by atoms with van der Waals surface area (Å²) in [7, 11) is 0. The molecule has 18 heteroatoms. The van der Waals surface area contributed by atoms with Gasteiger partial charge in [-0.3, -0.25) is 86.3 Å². The zero-order chi connectivity index (χ0) is 50.7. The molecule has 2 unspecified atom stereocenters. The lowest BCUT2D eigenvalue weighted by Gasteiger charge is -2.46. The first-order valence-electron chi connectivity index (χ1n) is 25.4. The summed E-state index contributed by atoms with van der Waals surface area (Å²) in [5, 5.41) is -0.0824. The van der Waals surface area contributed by atoms with E-state index >= 15 is 0 Å². The maximum Gasteiger partial charge on any atom is 0.261 e. The molecule has 0 spiro atoms. The molecule has 23 aliphatic rings. The third kappa shape index (κ3) is 5.09. The Labute approximate surface area is 416 Å². The third-order valence-corrected chi connectivity index (χ3v) is 17.9. The van der Waals surface area contributed by atoms with Gasteiger partial charge in [0.15, 0.2) is 0 Å². The second kappa shape index (κ2) is 14.6. The van der Waals surface area contributed by atoms with E-state index in [-0.39, 0.29) is 126 Å². The van der Waals surface area contributed by atoms with Crippen molar-refractivity contribution in [1.82, 2.24) is 28.7 Å². The Morgan fingerprint density at radius 3 is 0.635 bits per heavy atom. The number of hydrogen-bond acceptors (Lipinski definition) is 12. The van der Waals surface area contributed by atoms with Crippen LogP contribution in [0.3, 0.4) is 0 Å². The van der Waals surface area contributed by atoms with Crippen LogP contribution in [-0.4, -0.2) is 100 Å². The number of aromatic nitrogens is 2. The SMILES string of the molecule is O=C1c2ccc3c4c5ccc(c24)C(=O)N1C1CCCC[C@@H]1N1C(=O)c2ccc4c6c(ccc(c26)C1=O)C(=O)N(C4=O)[C@H]1CCCC[C@@H]1n1c(=O)c2cc4c(=O)n(c(=O)c4cc2c1=O)C1CCCC[C@@H]1N(C3=O)C5=O. The van der Waals surface area contributed by atoms with Gasteiger partial charge in [-0.1, -0.05) is 38.5 Å². The van der Waals surface area contributed by atoms with Gasteiger partial charge in [0.25, 0.3) is 69.5 Å². The number of nitrogens with zero attached hydrogens (tertiary/aromatic N) is 6. The number of carbonyl (C=O) groups is 8. The summed E-state index contributed by atoms with van der Waals surface area (Å²) < 4.78 is 2.06. The Balaban J connectivity index is 0.960. The van der Waals surface area contributed by atoms with Crippen LogP contribution in [0.1, 0.15) is 172 Å². The van der Waals surface area contributed by atoms with Crippen molar-refractivity contribution in [2.45, 2.75) is 113 Å².